The predicted molar refractivity (Wildman–Crippen MR) is 124 cm³/mol. The van der Waals surface area contributed by atoms with Gasteiger partial charge < -0.3 is 20.5 Å². The number of aromatic amines is 1. The Morgan fingerprint density at radius 2 is 1.88 bits per heavy atom. The molecule has 0 spiro atoms. The number of hydrogen-bond acceptors (Lipinski definition) is 9. The van der Waals surface area contributed by atoms with Crippen LogP contribution in [0, 0.1) is 0 Å². The second kappa shape index (κ2) is 8.67. The van der Waals surface area contributed by atoms with Gasteiger partial charge in [-0.3, -0.25) is 0 Å². The molecule has 3 heterocycles. The Hall–Kier alpha value is -3.92. The van der Waals surface area contributed by atoms with E-state index >= 15 is 0 Å². The molecule has 0 radical (unpaired) electrons. The number of fused-ring (bicyclic) bond motifs is 1. The zero-order chi connectivity index (χ0) is 21.9. The van der Waals surface area contributed by atoms with Crippen LogP contribution in [-0.2, 0) is 12.2 Å². The highest BCUT2D eigenvalue weighted by atomic mass is 32.2. The van der Waals surface area contributed by atoms with Crippen LogP contribution in [0.5, 0.6) is 0 Å². The predicted octanol–water partition coefficient (Wildman–Crippen LogP) is 4.58. The molecule has 10 heteroatoms. The van der Waals surface area contributed by atoms with E-state index in [2.05, 4.69) is 48.4 Å². The van der Waals surface area contributed by atoms with E-state index < -0.39 is 0 Å². The van der Waals surface area contributed by atoms with E-state index in [1.54, 1.807) is 0 Å². The van der Waals surface area contributed by atoms with Crippen LogP contribution in [0.15, 0.2) is 64.4 Å². The van der Waals surface area contributed by atoms with Crippen LogP contribution in [-0.4, -0.2) is 30.1 Å². The number of aromatic nitrogens is 6. The molecule has 0 aliphatic carbocycles. The number of nitrogen functional groups attached to an aromatic ring is 1. The normalized spacial score (nSPS) is 11.2. The van der Waals surface area contributed by atoms with Gasteiger partial charge in [-0.15, -0.1) is 10.2 Å². The fourth-order valence-electron chi connectivity index (χ4n) is 3.38. The number of para-hydroxylation sites is 2. The molecule has 0 atom stereocenters. The summed E-state index contributed by atoms with van der Waals surface area (Å²) in [5.74, 6) is 1.94. The zero-order valence-electron chi connectivity index (χ0n) is 17.2. The SMILES string of the molecule is CCc1ccccc1Nc1nc(N)nc(CSc2nnc(-c3c[nH]c4ccccc34)o2)n1. The Balaban J connectivity index is 1.31. The first-order valence-corrected chi connectivity index (χ1v) is 11.1. The summed E-state index contributed by atoms with van der Waals surface area (Å²) in [5, 5.41) is 13.0. The third kappa shape index (κ3) is 4.12. The molecule has 32 heavy (non-hydrogen) atoms. The fourth-order valence-corrected chi connectivity index (χ4v) is 4.00. The van der Waals surface area contributed by atoms with Crippen molar-refractivity contribution in [3.05, 3.63) is 66.1 Å². The quantitative estimate of drug-likeness (QED) is 0.308. The number of nitrogens with one attached hydrogen (secondary N) is 2. The molecule has 5 rings (SSSR count). The molecule has 2 aromatic carbocycles. The lowest BCUT2D eigenvalue weighted by atomic mass is 10.1. The first-order valence-electron chi connectivity index (χ1n) is 10.1. The van der Waals surface area contributed by atoms with E-state index in [-0.39, 0.29) is 5.95 Å². The van der Waals surface area contributed by atoms with Gasteiger partial charge in [0.1, 0.15) is 5.82 Å². The molecule has 5 aromatic rings. The van der Waals surface area contributed by atoms with Crippen LogP contribution < -0.4 is 11.1 Å². The molecule has 0 aliphatic rings. The number of anilines is 3. The van der Waals surface area contributed by atoms with Crippen LogP contribution >= 0.6 is 11.8 Å². The van der Waals surface area contributed by atoms with Gasteiger partial charge in [0.05, 0.1) is 11.3 Å². The van der Waals surface area contributed by atoms with Crippen LogP contribution in [0.25, 0.3) is 22.4 Å². The van der Waals surface area contributed by atoms with Gasteiger partial charge in [0.2, 0.25) is 11.9 Å². The lowest BCUT2D eigenvalue weighted by molar-refractivity contribution is 0.466. The highest BCUT2D eigenvalue weighted by Gasteiger charge is 2.15. The zero-order valence-corrected chi connectivity index (χ0v) is 18.1. The molecule has 0 unspecified atom stereocenters. The van der Waals surface area contributed by atoms with Crippen LogP contribution in [0.3, 0.4) is 0 Å². The molecule has 0 saturated heterocycles. The van der Waals surface area contributed by atoms with Crippen LogP contribution in [0.2, 0.25) is 0 Å². The summed E-state index contributed by atoms with van der Waals surface area (Å²) in [6.45, 7) is 2.10. The van der Waals surface area contributed by atoms with Gasteiger partial charge in [0.25, 0.3) is 11.1 Å². The fraction of sp³-hybridized carbons (Fsp3) is 0.136. The van der Waals surface area contributed by atoms with Gasteiger partial charge in [0.15, 0.2) is 0 Å². The third-order valence-electron chi connectivity index (χ3n) is 4.89. The van der Waals surface area contributed by atoms with E-state index in [4.69, 9.17) is 10.2 Å². The molecule has 0 fully saturated rings. The summed E-state index contributed by atoms with van der Waals surface area (Å²) in [4.78, 5) is 16.1. The average Bonchev–Trinajstić information content (AvgIpc) is 3.44. The maximum atomic E-state index is 5.91. The lowest BCUT2D eigenvalue weighted by Gasteiger charge is -2.10. The monoisotopic (exact) mass is 444 g/mol. The van der Waals surface area contributed by atoms with Gasteiger partial charge in [-0.25, -0.2) is 0 Å². The molecular weight excluding hydrogens is 424 g/mol. The van der Waals surface area contributed by atoms with Crippen molar-refractivity contribution in [1.82, 2.24) is 30.1 Å². The van der Waals surface area contributed by atoms with E-state index in [1.165, 1.54) is 11.8 Å². The second-order valence-electron chi connectivity index (χ2n) is 6.98. The van der Waals surface area contributed by atoms with Crippen molar-refractivity contribution in [3.63, 3.8) is 0 Å². The van der Waals surface area contributed by atoms with Crippen molar-refractivity contribution in [2.75, 3.05) is 11.1 Å². The summed E-state index contributed by atoms with van der Waals surface area (Å²) in [6, 6.07) is 16.0. The number of nitrogens with two attached hydrogens (primary N) is 1. The van der Waals surface area contributed by atoms with E-state index in [1.807, 2.05) is 48.7 Å². The van der Waals surface area contributed by atoms with E-state index in [0.717, 1.165) is 34.1 Å². The molecule has 0 amide bonds. The van der Waals surface area contributed by atoms with Crippen molar-refractivity contribution in [3.8, 4) is 11.5 Å². The summed E-state index contributed by atoms with van der Waals surface area (Å²) >= 11 is 1.34. The van der Waals surface area contributed by atoms with Crippen LogP contribution in [0.1, 0.15) is 18.3 Å². The number of H-pyrrole nitrogens is 1. The maximum absolute atomic E-state index is 5.91. The van der Waals surface area contributed by atoms with Gasteiger partial charge in [-0.05, 0) is 24.1 Å². The highest BCUT2D eigenvalue weighted by molar-refractivity contribution is 7.98. The van der Waals surface area contributed by atoms with Crippen LogP contribution in [0.4, 0.5) is 17.6 Å². The van der Waals surface area contributed by atoms with Gasteiger partial charge >= 0.3 is 0 Å². The van der Waals surface area contributed by atoms with Gasteiger partial charge in [0, 0.05) is 22.8 Å². The van der Waals surface area contributed by atoms with Gasteiger partial charge in [-0.2, -0.15) is 15.0 Å². The number of thioether (sulfide) groups is 1. The Morgan fingerprint density at radius 3 is 2.78 bits per heavy atom. The number of nitrogens with zero attached hydrogens (tertiary/aromatic N) is 5. The Labute approximate surface area is 187 Å². The topological polar surface area (TPSA) is 131 Å². The Bertz CT molecular complexity index is 1380. The smallest absolute Gasteiger partial charge is 0.277 e. The molecule has 0 aliphatic heterocycles. The minimum Gasteiger partial charge on any atom is -0.411 e. The van der Waals surface area contributed by atoms with Gasteiger partial charge in [-0.1, -0.05) is 55.1 Å². The van der Waals surface area contributed by atoms with E-state index in [9.17, 15) is 0 Å². The number of rotatable bonds is 7. The summed E-state index contributed by atoms with van der Waals surface area (Å²) in [5.41, 5.74) is 9.90. The minimum atomic E-state index is 0.150. The molecular formula is C22H20N8OS. The highest BCUT2D eigenvalue weighted by Crippen LogP contribution is 2.30. The first-order chi connectivity index (χ1) is 15.7. The molecule has 0 bridgehead atoms. The number of aryl methyl sites for hydroxylation is 1. The van der Waals surface area contributed by atoms with Crippen molar-refractivity contribution in [1.29, 1.82) is 0 Å². The van der Waals surface area contributed by atoms with Crippen molar-refractivity contribution in [2.24, 2.45) is 0 Å². The third-order valence-corrected chi connectivity index (χ3v) is 5.71. The molecule has 3 aromatic heterocycles. The molecule has 4 N–H and O–H groups in total. The first kappa shape index (κ1) is 20.0. The number of hydrogen-bond donors (Lipinski definition) is 3. The maximum Gasteiger partial charge on any atom is 0.277 e. The average molecular weight is 445 g/mol. The van der Waals surface area contributed by atoms with Crippen molar-refractivity contribution < 1.29 is 4.42 Å². The molecule has 9 nitrogen and oxygen atoms in total. The van der Waals surface area contributed by atoms with E-state index in [0.29, 0.717) is 28.6 Å². The standard InChI is InChI=1S/C22H20N8OS/c1-2-13-7-3-5-9-16(13)25-21-27-18(26-20(23)28-21)12-32-22-30-29-19(31-22)15-11-24-17-10-6-4-8-14(15)17/h3-11,24H,2,12H2,1H3,(H3,23,25,26,27,28). The summed E-state index contributed by atoms with van der Waals surface area (Å²) in [7, 11) is 0. The lowest BCUT2D eigenvalue weighted by Crippen LogP contribution is -2.07. The largest absolute Gasteiger partial charge is 0.411 e. The summed E-state index contributed by atoms with van der Waals surface area (Å²) in [6.07, 6.45) is 2.76. The van der Waals surface area contributed by atoms with Crippen molar-refractivity contribution >= 4 is 40.2 Å². The second-order valence-corrected chi connectivity index (χ2v) is 7.91. The van der Waals surface area contributed by atoms with Crippen molar-refractivity contribution in [2.45, 2.75) is 24.3 Å². The molecule has 160 valence electrons. The Kier molecular flexibility index (Phi) is 5.42. The Morgan fingerprint density at radius 1 is 1.03 bits per heavy atom. The number of benzene rings is 2. The molecule has 0 saturated carbocycles. The summed E-state index contributed by atoms with van der Waals surface area (Å²) < 4.78 is 5.85. The minimum absolute atomic E-state index is 0.150.